The summed E-state index contributed by atoms with van der Waals surface area (Å²) in [7, 11) is 1.91. The van der Waals surface area contributed by atoms with Crippen LogP contribution >= 0.6 is 51.0 Å². The van der Waals surface area contributed by atoms with Gasteiger partial charge in [-0.3, -0.25) is 0 Å². The van der Waals surface area contributed by atoms with Crippen LogP contribution in [0.5, 0.6) is 0 Å². The van der Waals surface area contributed by atoms with Crippen LogP contribution in [0.1, 0.15) is 12.7 Å². The van der Waals surface area contributed by atoms with Crippen LogP contribution < -0.4 is 5.32 Å². The number of halogens is 2. The van der Waals surface area contributed by atoms with E-state index in [1.54, 1.807) is 22.7 Å². The quantitative estimate of drug-likeness (QED) is 0.667. The number of thiophene rings is 1. The van der Waals surface area contributed by atoms with Crippen molar-refractivity contribution in [2.45, 2.75) is 19.4 Å². The summed E-state index contributed by atoms with van der Waals surface area (Å²) in [6.07, 6.45) is 0.731. The molecule has 1 atom stereocenters. The molecule has 0 saturated carbocycles. The largest absolute Gasteiger partial charge is 0.332 e. The smallest absolute Gasteiger partial charge is 0.277 e. The summed E-state index contributed by atoms with van der Waals surface area (Å²) >= 11 is 6.69. The second kappa shape index (κ2) is 7.65. The standard InChI is InChI=1S/C13H13BrN4OS2.ClH/c1-7(15-2)3-11-17-12(19-18-11)9-6-21-13(16-9)10-4-8(14)5-20-10;/h4-7,15H,3H2,1-2H3;1H. The average molecular weight is 422 g/mol. The molecule has 22 heavy (non-hydrogen) atoms. The Labute approximate surface area is 150 Å². The van der Waals surface area contributed by atoms with Gasteiger partial charge in [0.05, 0.1) is 4.88 Å². The van der Waals surface area contributed by atoms with E-state index < -0.39 is 0 Å². The molecule has 0 spiro atoms. The van der Waals surface area contributed by atoms with Crippen molar-refractivity contribution in [3.05, 3.63) is 27.1 Å². The molecule has 1 unspecified atom stereocenters. The summed E-state index contributed by atoms with van der Waals surface area (Å²) in [6, 6.07) is 2.37. The maximum Gasteiger partial charge on any atom is 0.277 e. The maximum atomic E-state index is 5.30. The number of likely N-dealkylation sites (N-methyl/N-ethyl adjacent to an activating group) is 1. The molecule has 0 fully saturated rings. The van der Waals surface area contributed by atoms with Gasteiger partial charge in [-0.25, -0.2) is 4.98 Å². The highest BCUT2D eigenvalue weighted by Gasteiger charge is 2.15. The summed E-state index contributed by atoms with van der Waals surface area (Å²) in [4.78, 5) is 10.1. The fourth-order valence-corrected chi connectivity index (χ4v) is 4.03. The third-order valence-electron chi connectivity index (χ3n) is 2.95. The van der Waals surface area contributed by atoms with Gasteiger partial charge in [0, 0.05) is 27.7 Å². The van der Waals surface area contributed by atoms with Crippen LogP contribution in [-0.4, -0.2) is 28.2 Å². The third-order valence-corrected chi connectivity index (χ3v) is 5.65. The molecule has 3 heterocycles. The zero-order chi connectivity index (χ0) is 14.8. The van der Waals surface area contributed by atoms with Crippen LogP contribution in [-0.2, 0) is 6.42 Å². The van der Waals surface area contributed by atoms with Crippen LogP contribution in [0, 0.1) is 0 Å². The predicted molar refractivity (Wildman–Crippen MR) is 95.9 cm³/mol. The number of nitrogens with zero attached hydrogens (tertiary/aromatic N) is 3. The van der Waals surface area contributed by atoms with Gasteiger partial charge in [-0.05, 0) is 36.0 Å². The second-order valence-electron chi connectivity index (χ2n) is 4.58. The lowest BCUT2D eigenvalue weighted by Crippen LogP contribution is -2.24. The van der Waals surface area contributed by atoms with Gasteiger partial charge in [-0.2, -0.15) is 4.98 Å². The third kappa shape index (κ3) is 3.94. The Morgan fingerprint density at radius 3 is 2.82 bits per heavy atom. The molecule has 0 aromatic carbocycles. The fourth-order valence-electron chi connectivity index (χ4n) is 1.73. The van der Waals surface area contributed by atoms with Gasteiger partial charge in [0.15, 0.2) is 5.82 Å². The Kier molecular flexibility index (Phi) is 6.10. The van der Waals surface area contributed by atoms with Crippen molar-refractivity contribution >= 4 is 51.0 Å². The van der Waals surface area contributed by atoms with E-state index >= 15 is 0 Å². The normalized spacial score (nSPS) is 12.1. The lowest BCUT2D eigenvalue weighted by molar-refractivity contribution is 0.417. The van der Waals surface area contributed by atoms with E-state index in [2.05, 4.69) is 49.4 Å². The summed E-state index contributed by atoms with van der Waals surface area (Å²) < 4.78 is 6.37. The lowest BCUT2D eigenvalue weighted by atomic mass is 10.2. The van der Waals surface area contributed by atoms with Crippen molar-refractivity contribution in [3.8, 4) is 21.5 Å². The number of aromatic nitrogens is 3. The minimum absolute atomic E-state index is 0. The van der Waals surface area contributed by atoms with Crippen LogP contribution in [0.25, 0.3) is 21.5 Å². The van der Waals surface area contributed by atoms with Crippen molar-refractivity contribution in [2.24, 2.45) is 0 Å². The van der Waals surface area contributed by atoms with Crippen LogP contribution in [0.3, 0.4) is 0 Å². The minimum atomic E-state index is 0. The molecule has 0 radical (unpaired) electrons. The van der Waals surface area contributed by atoms with Crippen molar-refractivity contribution in [1.82, 2.24) is 20.4 Å². The van der Waals surface area contributed by atoms with E-state index in [0.717, 1.165) is 26.5 Å². The molecule has 0 aliphatic carbocycles. The lowest BCUT2D eigenvalue weighted by Gasteiger charge is -2.04. The molecule has 0 aliphatic rings. The number of rotatable bonds is 5. The molecule has 3 rings (SSSR count). The Morgan fingerprint density at radius 2 is 2.14 bits per heavy atom. The molecule has 0 bridgehead atoms. The highest BCUT2D eigenvalue weighted by atomic mass is 79.9. The monoisotopic (exact) mass is 420 g/mol. The number of thiazole rings is 1. The number of hydrogen-bond donors (Lipinski definition) is 1. The molecule has 9 heteroatoms. The van der Waals surface area contributed by atoms with E-state index in [4.69, 9.17) is 4.52 Å². The SMILES string of the molecule is CNC(C)Cc1noc(-c2csc(-c3cc(Br)cs3)n2)n1.Cl. The Hall–Kier alpha value is -0.800. The molecule has 0 amide bonds. The van der Waals surface area contributed by atoms with Gasteiger partial charge in [-0.1, -0.05) is 5.16 Å². The molecule has 118 valence electrons. The minimum Gasteiger partial charge on any atom is -0.332 e. The van der Waals surface area contributed by atoms with Gasteiger partial charge in [0.1, 0.15) is 10.7 Å². The summed E-state index contributed by atoms with van der Waals surface area (Å²) in [5, 5.41) is 12.1. The molecule has 5 nitrogen and oxygen atoms in total. The topological polar surface area (TPSA) is 63.8 Å². The first-order valence-electron chi connectivity index (χ1n) is 6.36. The maximum absolute atomic E-state index is 5.30. The molecular weight excluding hydrogens is 408 g/mol. The van der Waals surface area contributed by atoms with Gasteiger partial charge in [0.25, 0.3) is 5.89 Å². The first-order valence-corrected chi connectivity index (χ1v) is 8.91. The van der Waals surface area contributed by atoms with Gasteiger partial charge in [0.2, 0.25) is 0 Å². The van der Waals surface area contributed by atoms with Crippen LogP contribution in [0.2, 0.25) is 0 Å². The van der Waals surface area contributed by atoms with Crippen molar-refractivity contribution in [3.63, 3.8) is 0 Å². The van der Waals surface area contributed by atoms with E-state index in [0.29, 0.717) is 17.8 Å². The van der Waals surface area contributed by atoms with Crippen LogP contribution in [0.15, 0.2) is 25.8 Å². The second-order valence-corrected chi connectivity index (χ2v) is 7.26. The first kappa shape index (κ1) is 17.6. The Morgan fingerprint density at radius 1 is 1.32 bits per heavy atom. The van der Waals surface area contributed by atoms with Gasteiger partial charge in [-0.15, -0.1) is 35.1 Å². The first-order chi connectivity index (χ1) is 10.2. The summed E-state index contributed by atoms with van der Waals surface area (Å²) in [6.45, 7) is 2.08. The van der Waals surface area contributed by atoms with E-state index in [9.17, 15) is 0 Å². The van der Waals surface area contributed by atoms with Gasteiger partial charge >= 0.3 is 0 Å². The summed E-state index contributed by atoms with van der Waals surface area (Å²) in [5.74, 6) is 1.17. The van der Waals surface area contributed by atoms with Crippen molar-refractivity contribution in [1.29, 1.82) is 0 Å². The highest BCUT2D eigenvalue weighted by molar-refractivity contribution is 9.10. The fraction of sp³-hybridized carbons (Fsp3) is 0.308. The van der Waals surface area contributed by atoms with Crippen LogP contribution in [0.4, 0.5) is 0 Å². The molecule has 3 aromatic rings. The molecule has 0 saturated heterocycles. The van der Waals surface area contributed by atoms with E-state index in [1.807, 2.05) is 17.8 Å². The number of nitrogens with one attached hydrogen (secondary N) is 1. The number of hydrogen-bond acceptors (Lipinski definition) is 7. The highest BCUT2D eigenvalue weighted by Crippen LogP contribution is 2.33. The molecule has 1 N–H and O–H groups in total. The van der Waals surface area contributed by atoms with E-state index in [1.165, 1.54) is 0 Å². The van der Waals surface area contributed by atoms with Crippen molar-refractivity contribution in [2.75, 3.05) is 7.05 Å². The zero-order valence-electron chi connectivity index (χ0n) is 11.9. The van der Waals surface area contributed by atoms with Gasteiger partial charge < -0.3 is 9.84 Å². The molecule has 0 aliphatic heterocycles. The molecule has 3 aromatic heterocycles. The Balaban J connectivity index is 0.00000176. The Bertz CT molecular complexity index is 742. The van der Waals surface area contributed by atoms with E-state index in [-0.39, 0.29) is 12.4 Å². The zero-order valence-corrected chi connectivity index (χ0v) is 15.9. The van der Waals surface area contributed by atoms with Crippen molar-refractivity contribution < 1.29 is 4.52 Å². The predicted octanol–water partition coefficient (Wildman–Crippen LogP) is 4.26. The molecular formula is C13H14BrClN4OS2. The average Bonchev–Trinajstić information content (AvgIpc) is 3.17. The summed E-state index contributed by atoms with van der Waals surface area (Å²) in [5.41, 5.74) is 0.732.